The van der Waals surface area contributed by atoms with Crippen molar-refractivity contribution < 1.29 is 14.3 Å². The number of ether oxygens (including phenoxy) is 1. The third kappa shape index (κ3) is 5.17. The summed E-state index contributed by atoms with van der Waals surface area (Å²) in [6.07, 6.45) is 2.92. The molecule has 1 aliphatic heterocycles. The topological polar surface area (TPSA) is 79.7 Å². The molecule has 1 aliphatic rings. The molecule has 0 unspecified atom stereocenters. The Kier molecular flexibility index (Phi) is 7.40. The van der Waals surface area contributed by atoms with Gasteiger partial charge < -0.3 is 24.4 Å². The van der Waals surface area contributed by atoms with Gasteiger partial charge in [0.15, 0.2) is 0 Å². The Hall–Kier alpha value is -3.39. The predicted octanol–water partition coefficient (Wildman–Crippen LogP) is 3.81. The lowest BCUT2D eigenvalue weighted by molar-refractivity contribution is 0.0747. The van der Waals surface area contributed by atoms with Gasteiger partial charge in [0.2, 0.25) is 0 Å². The number of fused-ring (bicyclic) bond motifs is 1. The molecule has 0 saturated carbocycles. The first-order chi connectivity index (χ1) is 16.8. The smallest absolute Gasteiger partial charge is 0.259 e. The van der Waals surface area contributed by atoms with Gasteiger partial charge in [0.05, 0.1) is 29.4 Å². The molecule has 1 N–H and O–H groups in total. The molecule has 35 heavy (non-hydrogen) atoms. The molecule has 2 heterocycles. The van der Waals surface area contributed by atoms with Gasteiger partial charge in [-0.3, -0.25) is 9.59 Å². The van der Waals surface area contributed by atoms with Gasteiger partial charge in [0.1, 0.15) is 11.6 Å². The molecule has 4 rings (SSSR count). The average molecular weight is 478 g/mol. The molecule has 0 atom stereocenters. The maximum Gasteiger partial charge on any atom is 0.259 e. The van der Waals surface area contributed by atoms with Crippen molar-refractivity contribution in [3.05, 3.63) is 53.3 Å². The summed E-state index contributed by atoms with van der Waals surface area (Å²) >= 11 is 0. The first kappa shape index (κ1) is 24.7. The van der Waals surface area contributed by atoms with Crippen LogP contribution in [0.2, 0.25) is 0 Å². The number of benzene rings is 2. The van der Waals surface area contributed by atoms with Crippen LogP contribution in [0.25, 0.3) is 11.0 Å². The number of aryl methyl sites for hydroxylation is 2. The van der Waals surface area contributed by atoms with Crippen LogP contribution in [0.5, 0.6) is 5.75 Å². The number of nitrogens with one attached hydrogen (secondary N) is 1. The molecule has 1 fully saturated rings. The number of anilines is 1. The average Bonchev–Trinajstić information content (AvgIpc) is 3.20. The third-order valence-electron chi connectivity index (χ3n) is 6.94. The molecule has 0 radical (unpaired) electrons. The first-order valence-electron chi connectivity index (χ1n) is 12.2. The standard InChI is InChI=1S/C27H35N5O3/c1-6-24-28-21-15-19(27(34)31(3)17-18-11-13-30(2)14-12-18)16-22(25(21)32(24)4)29-26(33)20-9-7-8-10-23(20)35-5/h7-10,15-16,18H,6,11-14,17H2,1-5H3,(H,29,33). The van der Waals surface area contributed by atoms with Crippen molar-refractivity contribution in [1.82, 2.24) is 19.4 Å². The Balaban J connectivity index is 1.66. The van der Waals surface area contributed by atoms with Crippen molar-refractivity contribution in [3.8, 4) is 5.75 Å². The number of likely N-dealkylation sites (tertiary alicyclic amines) is 1. The molecule has 1 saturated heterocycles. The minimum absolute atomic E-state index is 0.0673. The van der Waals surface area contributed by atoms with Gasteiger partial charge >= 0.3 is 0 Å². The van der Waals surface area contributed by atoms with Crippen LogP contribution in [0, 0.1) is 5.92 Å². The van der Waals surface area contributed by atoms with Gasteiger partial charge in [0.25, 0.3) is 11.8 Å². The van der Waals surface area contributed by atoms with Crippen LogP contribution in [0.3, 0.4) is 0 Å². The van der Waals surface area contributed by atoms with Crippen molar-refractivity contribution in [1.29, 1.82) is 0 Å². The Morgan fingerprint density at radius 3 is 2.57 bits per heavy atom. The Labute approximate surface area is 206 Å². The molecular formula is C27H35N5O3. The van der Waals surface area contributed by atoms with E-state index in [2.05, 4.69) is 17.3 Å². The summed E-state index contributed by atoms with van der Waals surface area (Å²) in [6.45, 7) is 4.88. The van der Waals surface area contributed by atoms with Gasteiger partial charge in [-0.15, -0.1) is 0 Å². The summed E-state index contributed by atoms with van der Waals surface area (Å²) in [4.78, 5) is 35.5. The summed E-state index contributed by atoms with van der Waals surface area (Å²) in [5.41, 5.74) is 2.99. The summed E-state index contributed by atoms with van der Waals surface area (Å²) in [6, 6.07) is 10.7. The molecule has 0 spiro atoms. The van der Waals surface area contributed by atoms with Crippen molar-refractivity contribution >= 4 is 28.5 Å². The van der Waals surface area contributed by atoms with E-state index in [-0.39, 0.29) is 11.8 Å². The molecule has 0 bridgehead atoms. The predicted molar refractivity (Wildman–Crippen MR) is 138 cm³/mol. The van der Waals surface area contributed by atoms with Gasteiger partial charge in [0, 0.05) is 32.6 Å². The Bertz CT molecular complexity index is 1230. The van der Waals surface area contributed by atoms with Crippen LogP contribution >= 0.6 is 0 Å². The van der Waals surface area contributed by atoms with E-state index >= 15 is 0 Å². The SMILES string of the molecule is CCc1nc2cc(C(=O)N(C)CC3CCN(C)CC3)cc(NC(=O)c3ccccc3OC)c2n1C. The number of imidazole rings is 1. The molecular weight excluding hydrogens is 442 g/mol. The van der Waals surface area contributed by atoms with Gasteiger partial charge in [-0.2, -0.15) is 0 Å². The lowest BCUT2D eigenvalue weighted by Gasteiger charge is -2.31. The molecule has 1 aromatic heterocycles. The highest BCUT2D eigenvalue weighted by Crippen LogP contribution is 2.29. The molecule has 8 nitrogen and oxygen atoms in total. The second kappa shape index (κ2) is 10.5. The summed E-state index contributed by atoms with van der Waals surface area (Å²) < 4.78 is 7.34. The highest BCUT2D eigenvalue weighted by atomic mass is 16.5. The van der Waals surface area contributed by atoms with E-state index in [1.807, 2.05) is 37.7 Å². The van der Waals surface area contributed by atoms with E-state index in [1.54, 1.807) is 36.3 Å². The van der Waals surface area contributed by atoms with E-state index in [1.165, 1.54) is 0 Å². The number of rotatable bonds is 7. The second-order valence-corrected chi connectivity index (χ2v) is 9.42. The number of hydrogen-bond donors (Lipinski definition) is 1. The van der Waals surface area contributed by atoms with Crippen molar-refractivity contribution in [2.75, 3.05) is 46.2 Å². The number of carbonyl (C=O) groups excluding carboxylic acids is 2. The van der Waals surface area contributed by atoms with Gasteiger partial charge in [-0.1, -0.05) is 19.1 Å². The highest BCUT2D eigenvalue weighted by Gasteiger charge is 2.24. The summed E-state index contributed by atoms with van der Waals surface area (Å²) in [5.74, 6) is 1.51. The number of nitrogens with zero attached hydrogens (tertiary/aromatic N) is 4. The molecule has 0 aliphatic carbocycles. The molecule has 2 amide bonds. The maximum atomic E-state index is 13.4. The molecule has 186 valence electrons. The fourth-order valence-electron chi connectivity index (χ4n) is 4.89. The number of para-hydroxylation sites is 1. The Morgan fingerprint density at radius 1 is 1.17 bits per heavy atom. The fourth-order valence-corrected chi connectivity index (χ4v) is 4.89. The quantitative estimate of drug-likeness (QED) is 0.560. The normalized spacial score (nSPS) is 14.8. The number of piperidine rings is 1. The van der Waals surface area contributed by atoms with Crippen LogP contribution in [0.1, 0.15) is 46.3 Å². The third-order valence-corrected chi connectivity index (χ3v) is 6.94. The number of carbonyl (C=O) groups is 2. The van der Waals surface area contributed by atoms with Crippen LogP contribution in [0.4, 0.5) is 5.69 Å². The number of amides is 2. The second-order valence-electron chi connectivity index (χ2n) is 9.42. The van der Waals surface area contributed by atoms with E-state index in [0.29, 0.717) is 34.0 Å². The monoisotopic (exact) mass is 477 g/mol. The number of hydrogen-bond acceptors (Lipinski definition) is 5. The van der Waals surface area contributed by atoms with Crippen molar-refractivity contribution in [3.63, 3.8) is 0 Å². The van der Waals surface area contributed by atoms with Crippen molar-refractivity contribution in [2.24, 2.45) is 13.0 Å². The van der Waals surface area contributed by atoms with Gasteiger partial charge in [-0.25, -0.2) is 4.98 Å². The zero-order valence-electron chi connectivity index (χ0n) is 21.3. The fraction of sp³-hybridized carbons (Fsp3) is 0.444. The maximum absolute atomic E-state index is 13.4. The van der Waals surface area contributed by atoms with E-state index in [9.17, 15) is 9.59 Å². The van der Waals surface area contributed by atoms with Crippen molar-refractivity contribution in [2.45, 2.75) is 26.2 Å². The first-order valence-corrected chi connectivity index (χ1v) is 12.2. The largest absolute Gasteiger partial charge is 0.496 e. The van der Waals surface area contributed by atoms with Crippen LogP contribution in [-0.4, -0.2) is 72.0 Å². The van der Waals surface area contributed by atoms with Gasteiger partial charge in [-0.05, 0) is 63.2 Å². The number of aromatic nitrogens is 2. The number of methoxy groups -OCH3 is 1. The zero-order chi connectivity index (χ0) is 25.1. The lowest BCUT2D eigenvalue weighted by Crippen LogP contribution is -2.38. The Morgan fingerprint density at radius 2 is 1.89 bits per heavy atom. The molecule has 2 aromatic carbocycles. The van der Waals surface area contributed by atoms with Crippen LogP contribution in [0.15, 0.2) is 36.4 Å². The highest BCUT2D eigenvalue weighted by molar-refractivity contribution is 6.11. The molecule has 3 aromatic rings. The summed E-state index contributed by atoms with van der Waals surface area (Å²) in [7, 11) is 7.46. The van der Waals surface area contributed by atoms with Crippen LogP contribution < -0.4 is 10.1 Å². The summed E-state index contributed by atoms with van der Waals surface area (Å²) in [5, 5.41) is 3.02. The zero-order valence-corrected chi connectivity index (χ0v) is 21.3. The minimum atomic E-state index is -0.299. The van der Waals surface area contributed by atoms with Crippen LogP contribution in [-0.2, 0) is 13.5 Å². The lowest BCUT2D eigenvalue weighted by atomic mass is 9.96. The molecule has 8 heteroatoms. The van der Waals surface area contributed by atoms with E-state index in [4.69, 9.17) is 9.72 Å². The minimum Gasteiger partial charge on any atom is -0.496 e. The van der Waals surface area contributed by atoms with E-state index < -0.39 is 0 Å². The van der Waals surface area contributed by atoms with E-state index in [0.717, 1.165) is 50.2 Å².